The van der Waals surface area contributed by atoms with Crippen LogP contribution in [0.25, 0.3) is 0 Å². The minimum absolute atomic E-state index is 0.250. The molecular formula is C15H16BrNO. The minimum Gasteiger partial charge on any atom is -0.326 e. The fraction of sp³-hybridized carbons (Fsp3) is 0.533. The number of carbonyl (C=O) groups excluding carboxylic acids is 1. The third-order valence-corrected chi connectivity index (χ3v) is 5.62. The van der Waals surface area contributed by atoms with Crippen molar-refractivity contribution in [2.45, 2.75) is 19.3 Å². The first-order valence-electron chi connectivity index (χ1n) is 6.80. The second kappa shape index (κ2) is 3.83. The lowest BCUT2D eigenvalue weighted by Gasteiger charge is -2.09. The molecule has 3 aliphatic rings. The molecular weight excluding hydrogens is 290 g/mol. The van der Waals surface area contributed by atoms with Gasteiger partial charge in [-0.25, -0.2) is 0 Å². The molecule has 1 N–H and O–H groups in total. The quantitative estimate of drug-likeness (QED) is 0.887. The highest BCUT2D eigenvalue weighted by Crippen LogP contribution is 2.69. The zero-order chi connectivity index (χ0) is 12.3. The van der Waals surface area contributed by atoms with Crippen LogP contribution >= 0.6 is 15.9 Å². The smallest absolute Gasteiger partial charge is 0.228 e. The van der Waals surface area contributed by atoms with Gasteiger partial charge in [-0.15, -0.1) is 0 Å². The second-order valence-corrected chi connectivity index (χ2v) is 6.93. The average Bonchev–Trinajstić information content (AvgIpc) is 2.79. The Balaban J connectivity index is 1.47. The molecule has 3 saturated carbocycles. The first kappa shape index (κ1) is 11.0. The maximum Gasteiger partial charge on any atom is 0.228 e. The predicted molar refractivity (Wildman–Crippen MR) is 74.1 cm³/mol. The number of hydrogen-bond acceptors (Lipinski definition) is 1. The van der Waals surface area contributed by atoms with E-state index in [0.29, 0.717) is 5.92 Å². The third-order valence-electron chi connectivity index (χ3n) is 5.13. The van der Waals surface area contributed by atoms with Gasteiger partial charge in [0.15, 0.2) is 0 Å². The fourth-order valence-electron chi connectivity index (χ4n) is 4.47. The molecule has 4 rings (SSSR count). The maximum atomic E-state index is 12.3. The summed E-state index contributed by atoms with van der Waals surface area (Å²) < 4.78 is 1.01. The standard InChI is InChI=1S/C15H16BrNO/c16-10-2-1-3-11(7-10)17-15(18)14-12-8-4-5-9(6-8)13(12)14/h1-3,7-9,12-14H,4-6H2,(H,17,18). The summed E-state index contributed by atoms with van der Waals surface area (Å²) in [6, 6.07) is 7.85. The topological polar surface area (TPSA) is 29.1 Å². The number of nitrogens with one attached hydrogen (secondary N) is 1. The lowest BCUT2D eigenvalue weighted by atomic mass is 10.0. The normalized spacial score (nSPS) is 39.5. The largest absolute Gasteiger partial charge is 0.326 e. The molecule has 94 valence electrons. The lowest BCUT2D eigenvalue weighted by Crippen LogP contribution is -2.18. The van der Waals surface area contributed by atoms with E-state index >= 15 is 0 Å². The van der Waals surface area contributed by atoms with Crippen LogP contribution in [0.4, 0.5) is 5.69 Å². The van der Waals surface area contributed by atoms with Crippen LogP contribution in [0.1, 0.15) is 19.3 Å². The highest BCUT2D eigenvalue weighted by molar-refractivity contribution is 9.10. The number of halogens is 1. The Labute approximate surface area is 115 Å². The van der Waals surface area contributed by atoms with Crippen LogP contribution < -0.4 is 5.32 Å². The highest BCUT2D eigenvalue weighted by Gasteiger charge is 2.67. The van der Waals surface area contributed by atoms with Gasteiger partial charge in [-0.05, 0) is 61.1 Å². The average molecular weight is 306 g/mol. The van der Waals surface area contributed by atoms with Crippen molar-refractivity contribution in [2.75, 3.05) is 5.32 Å². The molecule has 1 aromatic carbocycles. The zero-order valence-electron chi connectivity index (χ0n) is 10.1. The van der Waals surface area contributed by atoms with Crippen molar-refractivity contribution in [3.05, 3.63) is 28.7 Å². The van der Waals surface area contributed by atoms with Crippen molar-refractivity contribution in [1.29, 1.82) is 0 Å². The van der Waals surface area contributed by atoms with Gasteiger partial charge in [0, 0.05) is 16.1 Å². The number of amides is 1. The van der Waals surface area contributed by atoms with Gasteiger partial charge < -0.3 is 5.32 Å². The highest BCUT2D eigenvalue weighted by atomic mass is 79.9. The molecule has 18 heavy (non-hydrogen) atoms. The fourth-order valence-corrected chi connectivity index (χ4v) is 4.87. The molecule has 2 bridgehead atoms. The summed E-state index contributed by atoms with van der Waals surface area (Å²) in [5.41, 5.74) is 0.909. The van der Waals surface area contributed by atoms with Gasteiger partial charge in [0.25, 0.3) is 0 Å². The van der Waals surface area contributed by atoms with Crippen molar-refractivity contribution in [2.24, 2.45) is 29.6 Å². The number of anilines is 1. The molecule has 4 atom stereocenters. The van der Waals surface area contributed by atoms with E-state index in [4.69, 9.17) is 0 Å². The Morgan fingerprint density at radius 3 is 2.61 bits per heavy atom. The van der Waals surface area contributed by atoms with Gasteiger partial charge in [-0.1, -0.05) is 22.0 Å². The zero-order valence-corrected chi connectivity index (χ0v) is 11.7. The Kier molecular flexibility index (Phi) is 2.35. The van der Waals surface area contributed by atoms with Gasteiger partial charge in [-0.3, -0.25) is 4.79 Å². The summed E-state index contributed by atoms with van der Waals surface area (Å²) in [4.78, 5) is 12.3. The monoisotopic (exact) mass is 305 g/mol. The summed E-state index contributed by atoms with van der Waals surface area (Å²) in [5, 5.41) is 3.07. The van der Waals surface area contributed by atoms with Gasteiger partial charge in [0.05, 0.1) is 0 Å². The number of fused-ring (bicyclic) bond motifs is 5. The van der Waals surface area contributed by atoms with Gasteiger partial charge in [0.1, 0.15) is 0 Å². The molecule has 3 fully saturated rings. The molecule has 0 heterocycles. The van der Waals surface area contributed by atoms with E-state index in [1.807, 2.05) is 24.3 Å². The maximum absolute atomic E-state index is 12.3. The molecule has 0 saturated heterocycles. The van der Waals surface area contributed by atoms with Crippen LogP contribution in [0, 0.1) is 29.6 Å². The molecule has 3 aliphatic carbocycles. The van der Waals surface area contributed by atoms with Crippen LogP contribution in [-0.2, 0) is 4.79 Å². The van der Waals surface area contributed by atoms with E-state index in [2.05, 4.69) is 21.2 Å². The summed E-state index contributed by atoms with van der Waals surface area (Å²) in [6.45, 7) is 0. The summed E-state index contributed by atoms with van der Waals surface area (Å²) in [6.07, 6.45) is 4.13. The molecule has 1 aromatic rings. The molecule has 4 unspecified atom stereocenters. The van der Waals surface area contributed by atoms with Crippen molar-refractivity contribution < 1.29 is 4.79 Å². The summed E-state index contributed by atoms with van der Waals surface area (Å²) >= 11 is 3.43. The SMILES string of the molecule is O=C(Nc1cccc(Br)c1)C1C2C3CCC(C3)C12. The number of hydrogen-bond donors (Lipinski definition) is 1. The van der Waals surface area contributed by atoms with Gasteiger partial charge >= 0.3 is 0 Å². The van der Waals surface area contributed by atoms with E-state index < -0.39 is 0 Å². The predicted octanol–water partition coefficient (Wildman–Crippen LogP) is 3.68. The van der Waals surface area contributed by atoms with Crippen LogP contribution in [0.3, 0.4) is 0 Å². The summed E-state index contributed by atoms with van der Waals surface area (Å²) in [5.74, 6) is 3.72. The third kappa shape index (κ3) is 1.56. The molecule has 2 nitrogen and oxygen atoms in total. The van der Waals surface area contributed by atoms with E-state index in [1.54, 1.807) is 0 Å². The molecule has 0 radical (unpaired) electrons. The van der Waals surface area contributed by atoms with E-state index in [0.717, 1.165) is 33.8 Å². The van der Waals surface area contributed by atoms with Crippen LogP contribution in [0.2, 0.25) is 0 Å². The first-order valence-corrected chi connectivity index (χ1v) is 7.60. The van der Waals surface area contributed by atoms with Crippen LogP contribution in [-0.4, -0.2) is 5.91 Å². The Morgan fingerprint density at radius 2 is 1.94 bits per heavy atom. The molecule has 1 amide bonds. The lowest BCUT2D eigenvalue weighted by molar-refractivity contribution is -0.118. The Hall–Kier alpha value is -0.830. The molecule has 3 heteroatoms. The van der Waals surface area contributed by atoms with Crippen molar-refractivity contribution in [3.63, 3.8) is 0 Å². The van der Waals surface area contributed by atoms with Crippen molar-refractivity contribution in [3.8, 4) is 0 Å². The van der Waals surface area contributed by atoms with E-state index in [-0.39, 0.29) is 5.91 Å². The van der Waals surface area contributed by atoms with E-state index in [9.17, 15) is 4.79 Å². The molecule has 0 aliphatic heterocycles. The first-order chi connectivity index (χ1) is 8.74. The van der Waals surface area contributed by atoms with Crippen LogP contribution in [0.15, 0.2) is 28.7 Å². The Bertz CT molecular complexity index is 499. The van der Waals surface area contributed by atoms with Crippen molar-refractivity contribution >= 4 is 27.5 Å². The molecule has 0 spiro atoms. The number of rotatable bonds is 2. The molecule has 0 aromatic heterocycles. The number of benzene rings is 1. The van der Waals surface area contributed by atoms with Gasteiger partial charge in [-0.2, -0.15) is 0 Å². The second-order valence-electron chi connectivity index (χ2n) is 6.01. The Morgan fingerprint density at radius 1 is 1.22 bits per heavy atom. The van der Waals surface area contributed by atoms with Crippen molar-refractivity contribution in [1.82, 2.24) is 0 Å². The van der Waals surface area contributed by atoms with E-state index in [1.165, 1.54) is 19.3 Å². The summed E-state index contributed by atoms with van der Waals surface area (Å²) in [7, 11) is 0. The van der Waals surface area contributed by atoms with Crippen LogP contribution in [0.5, 0.6) is 0 Å². The minimum atomic E-state index is 0.250. The van der Waals surface area contributed by atoms with Gasteiger partial charge in [0.2, 0.25) is 5.91 Å². The number of carbonyl (C=O) groups is 1.